The molecule has 0 spiro atoms. The summed E-state index contributed by atoms with van der Waals surface area (Å²) in [5, 5.41) is 17.1. The molecule has 0 bridgehead atoms. The van der Waals surface area contributed by atoms with E-state index in [-0.39, 0.29) is 5.75 Å². The first-order chi connectivity index (χ1) is 9.10. The Hall–Kier alpha value is -1.28. The Morgan fingerprint density at radius 3 is 3.00 bits per heavy atom. The van der Waals surface area contributed by atoms with Crippen LogP contribution in [0.5, 0.6) is 0 Å². The molecule has 2 rings (SSSR count). The predicted octanol–water partition coefficient (Wildman–Crippen LogP) is 0.379. The minimum atomic E-state index is -0.865. The second kappa shape index (κ2) is 6.25. The lowest BCUT2D eigenvalue weighted by atomic mass is 10.1. The Morgan fingerprint density at radius 2 is 2.37 bits per heavy atom. The molecule has 19 heavy (non-hydrogen) atoms. The standard InChI is InChI=1S/C11H19N5O2S/c1-2-15-4-3-8(5-15)6-16-10(12)13-14-11(16)19-7-9(17)18/h8H,2-7H2,1H3,(H2,12,13)(H,17,18). The molecule has 1 aliphatic heterocycles. The number of carboxylic acid groups (broad SMARTS) is 1. The quantitative estimate of drug-likeness (QED) is 0.729. The number of thioether (sulfide) groups is 1. The van der Waals surface area contributed by atoms with Crippen molar-refractivity contribution in [2.24, 2.45) is 5.92 Å². The zero-order valence-corrected chi connectivity index (χ0v) is 11.8. The van der Waals surface area contributed by atoms with E-state index < -0.39 is 5.97 Å². The number of nitrogens with zero attached hydrogens (tertiary/aromatic N) is 4. The van der Waals surface area contributed by atoms with Crippen LogP contribution in [0.25, 0.3) is 0 Å². The van der Waals surface area contributed by atoms with Crippen molar-refractivity contribution in [3.05, 3.63) is 0 Å². The van der Waals surface area contributed by atoms with E-state index in [4.69, 9.17) is 10.8 Å². The number of anilines is 1. The van der Waals surface area contributed by atoms with E-state index in [9.17, 15) is 4.79 Å². The number of hydrogen-bond acceptors (Lipinski definition) is 6. The summed E-state index contributed by atoms with van der Waals surface area (Å²) in [7, 11) is 0. The van der Waals surface area contributed by atoms with E-state index in [1.54, 1.807) is 0 Å². The summed E-state index contributed by atoms with van der Waals surface area (Å²) in [4.78, 5) is 13.0. The molecule has 0 aromatic carbocycles. The highest BCUT2D eigenvalue weighted by Gasteiger charge is 2.23. The van der Waals surface area contributed by atoms with Crippen LogP contribution in [0.1, 0.15) is 13.3 Å². The topological polar surface area (TPSA) is 97.3 Å². The third-order valence-corrected chi connectivity index (χ3v) is 4.28. The van der Waals surface area contributed by atoms with Crippen molar-refractivity contribution in [1.82, 2.24) is 19.7 Å². The van der Waals surface area contributed by atoms with Gasteiger partial charge in [-0.3, -0.25) is 9.36 Å². The van der Waals surface area contributed by atoms with E-state index in [2.05, 4.69) is 22.0 Å². The van der Waals surface area contributed by atoms with Gasteiger partial charge >= 0.3 is 5.97 Å². The van der Waals surface area contributed by atoms with Gasteiger partial charge in [0, 0.05) is 13.1 Å². The zero-order chi connectivity index (χ0) is 13.8. The molecule has 1 aliphatic rings. The number of aliphatic carboxylic acids is 1. The first-order valence-corrected chi connectivity index (χ1v) is 7.34. The molecule has 1 atom stereocenters. The first-order valence-electron chi connectivity index (χ1n) is 6.35. The van der Waals surface area contributed by atoms with Crippen molar-refractivity contribution in [3.63, 3.8) is 0 Å². The van der Waals surface area contributed by atoms with E-state index in [0.29, 0.717) is 17.0 Å². The van der Waals surface area contributed by atoms with Crippen molar-refractivity contribution in [2.75, 3.05) is 31.1 Å². The molecule has 1 saturated heterocycles. The van der Waals surface area contributed by atoms with Crippen LogP contribution in [0.2, 0.25) is 0 Å². The average Bonchev–Trinajstić information content (AvgIpc) is 2.96. The van der Waals surface area contributed by atoms with Crippen molar-refractivity contribution in [2.45, 2.75) is 25.0 Å². The molecule has 106 valence electrons. The van der Waals surface area contributed by atoms with Gasteiger partial charge in [0.25, 0.3) is 0 Å². The van der Waals surface area contributed by atoms with Crippen LogP contribution in [0.3, 0.4) is 0 Å². The highest BCUT2D eigenvalue weighted by atomic mass is 32.2. The van der Waals surface area contributed by atoms with Crippen LogP contribution in [0.4, 0.5) is 5.95 Å². The molecule has 2 heterocycles. The Labute approximate surface area is 116 Å². The molecule has 1 unspecified atom stereocenters. The van der Waals surface area contributed by atoms with Gasteiger partial charge in [-0.2, -0.15) is 0 Å². The summed E-state index contributed by atoms with van der Waals surface area (Å²) in [6, 6.07) is 0. The van der Waals surface area contributed by atoms with Crippen LogP contribution < -0.4 is 5.73 Å². The van der Waals surface area contributed by atoms with Crippen molar-refractivity contribution >= 4 is 23.7 Å². The minimum absolute atomic E-state index is 0.0239. The maximum atomic E-state index is 10.6. The van der Waals surface area contributed by atoms with Crippen LogP contribution >= 0.6 is 11.8 Å². The molecule has 0 aliphatic carbocycles. The molecular formula is C11H19N5O2S. The molecule has 7 nitrogen and oxygen atoms in total. The summed E-state index contributed by atoms with van der Waals surface area (Å²) < 4.78 is 1.83. The number of hydrogen-bond donors (Lipinski definition) is 2. The van der Waals surface area contributed by atoms with E-state index in [1.165, 1.54) is 0 Å². The molecule has 0 amide bonds. The van der Waals surface area contributed by atoms with E-state index in [0.717, 1.165) is 44.4 Å². The summed E-state index contributed by atoms with van der Waals surface area (Å²) in [5.41, 5.74) is 5.81. The zero-order valence-electron chi connectivity index (χ0n) is 10.9. The largest absolute Gasteiger partial charge is 0.481 e. The number of carbonyl (C=O) groups is 1. The van der Waals surface area contributed by atoms with Gasteiger partial charge in [-0.15, -0.1) is 10.2 Å². The van der Waals surface area contributed by atoms with E-state index in [1.807, 2.05) is 4.57 Å². The molecule has 0 radical (unpaired) electrons. The van der Waals surface area contributed by atoms with Gasteiger partial charge in [0.2, 0.25) is 5.95 Å². The van der Waals surface area contributed by atoms with Gasteiger partial charge in [-0.25, -0.2) is 0 Å². The molecule has 1 aromatic rings. The number of likely N-dealkylation sites (tertiary alicyclic amines) is 1. The lowest BCUT2D eigenvalue weighted by molar-refractivity contribution is -0.133. The van der Waals surface area contributed by atoms with Crippen LogP contribution in [-0.2, 0) is 11.3 Å². The van der Waals surface area contributed by atoms with Gasteiger partial charge in [-0.05, 0) is 25.4 Å². The van der Waals surface area contributed by atoms with Crippen LogP contribution in [-0.4, -0.2) is 56.1 Å². The van der Waals surface area contributed by atoms with Crippen LogP contribution in [0.15, 0.2) is 5.16 Å². The fourth-order valence-corrected chi connectivity index (χ4v) is 2.99. The number of carboxylic acids is 1. The van der Waals surface area contributed by atoms with Crippen molar-refractivity contribution in [3.8, 4) is 0 Å². The molecular weight excluding hydrogens is 266 g/mol. The molecule has 0 saturated carbocycles. The van der Waals surface area contributed by atoms with Gasteiger partial charge in [0.1, 0.15) is 0 Å². The van der Waals surface area contributed by atoms with E-state index >= 15 is 0 Å². The molecule has 1 fully saturated rings. The van der Waals surface area contributed by atoms with Gasteiger partial charge in [-0.1, -0.05) is 18.7 Å². The maximum Gasteiger partial charge on any atom is 0.313 e. The summed E-state index contributed by atoms with van der Waals surface area (Å²) >= 11 is 1.16. The predicted molar refractivity (Wildman–Crippen MR) is 73.0 cm³/mol. The Morgan fingerprint density at radius 1 is 1.58 bits per heavy atom. The maximum absolute atomic E-state index is 10.6. The lowest BCUT2D eigenvalue weighted by Gasteiger charge is -2.14. The fraction of sp³-hybridized carbons (Fsp3) is 0.727. The Balaban J connectivity index is 1.99. The Kier molecular flexibility index (Phi) is 4.65. The van der Waals surface area contributed by atoms with Gasteiger partial charge in [0.05, 0.1) is 5.75 Å². The van der Waals surface area contributed by atoms with Gasteiger partial charge < -0.3 is 15.7 Å². The van der Waals surface area contributed by atoms with Crippen molar-refractivity contribution in [1.29, 1.82) is 0 Å². The lowest BCUT2D eigenvalue weighted by Crippen LogP contribution is -2.22. The smallest absolute Gasteiger partial charge is 0.313 e. The molecule has 1 aromatic heterocycles. The number of nitrogen functional groups attached to an aromatic ring is 1. The molecule has 8 heteroatoms. The normalized spacial score (nSPS) is 19.9. The number of nitrogens with two attached hydrogens (primary N) is 1. The SMILES string of the molecule is CCN1CCC(Cn2c(N)nnc2SCC(=O)O)C1. The van der Waals surface area contributed by atoms with Crippen molar-refractivity contribution < 1.29 is 9.90 Å². The monoisotopic (exact) mass is 285 g/mol. The third kappa shape index (κ3) is 3.60. The average molecular weight is 285 g/mol. The summed E-state index contributed by atoms with van der Waals surface area (Å²) in [6.45, 7) is 6.15. The minimum Gasteiger partial charge on any atom is -0.481 e. The molecule has 3 N–H and O–H groups in total. The Bertz CT molecular complexity index is 450. The first kappa shape index (κ1) is 14.1. The fourth-order valence-electron chi connectivity index (χ4n) is 2.31. The number of aromatic nitrogens is 3. The third-order valence-electron chi connectivity index (χ3n) is 3.33. The second-order valence-corrected chi connectivity index (χ2v) is 5.62. The highest BCUT2D eigenvalue weighted by molar-refractivity contribution is 7.99. The summed E-state index contributed by atoms with van der Waals surface area (Å²) in [5.74, 6) is 0.00516. The highest BCUT2D eigenvalue weighted by Crippen LogP contribution is 2.23. The van der Waals surface area contributed by atoms with Crippen LogP contribution in [0, 0.1) is 5.92 Å². The second-order valence-electron chi connectivity index (χ2n) is 4.68. The number of rotatable bonds is 6. The summed E-state index contributed by atoms with van der Waals surface area (Å²) in [6.07, 6.45) is 1.13. The van der Waals surface area contributed by atoms with Gasteiger partial charge in [0.15, 0.2) is 5.16 Å².